The average molecular weight is 362 g/mol. The molecule has 2 nitrogen and oxygen atoms in total. The van der Waals surface area contributed by atoms with E-state index in [9.17, 15) is 9.59 Å². The second kappa shape index (κ2) is 7.07. The summed E-state index contributed by atoms with van der Waals surface area (Å²) in [6.45, 7) is 2.03. The van der Waals surface area contributed by atoms with E-state index in [0.29, 0.717) is 12.0 Å². The number of carbonyl (C=O) groups is 2. The van der Waals surface area contributed by atoms with Crippen molar-refractivity contribution in [1.82, 2.24) is 0 Å². The lowest BCUT2D eigenvalue weighted by atomic mass is 10.0. The van der Waals surface area contributed by atoms with Gasteiger partial charge in [-0.15, -0.1) is 0 Å². The topological polar surface area (TPSA) is 34.1 Å². The van der Waals surface area contributed by atoms with Crippen molar-refractivity contribution in [3.05, 3.63) is 32.7 Å². The van der Waals surface area contributed by atoms with Crippen LogP contribution in [0.4, 0.5) is 0 Å². The first-order chi connectivity index (χ1) is 8.04. The minimum absolute atomic E-state index is 0.000231. The monoisotopic (exact) mass is 360 g/mol. The standard InChI is InChI=1S/C13H14Br2O2/c1-2-3-4-10(16)8-13(17)11-6-5-9(14)7-12(11)15/h5-7H,2-4,8H2,1H3. The zero-order valence-corrected chi connectivity index (χ0v) is 12.8. The van der Waals surface area contributed by atoms with Crippen LogP contribution in [-0.2, 0) is 4.79 Å². The van der Waals surface area contributed by atoms with Crippen molar-refractivity contribution in [2.75, 3.05) is 0 Å². The third-order valence-corrected chi connectivity index (χ3v) is 3.55. The Bertz CT molecular complexity index is 427. The SMILES string of the molecule is CCCCC(=O)CC(=O)c1ccc(Br)cc1Br. The van der Waals surface area contributed by atoms with E-state index in [1.165, 1.54) is 0 Å². The second-order valence-corrected chi connectivity index (χ2v) is 5.64. The quantitative estimate of drug-likeness (QED) is 0.550. The van der Waals surface area contributed by atoms with E-state index in [0.717, 1.165) is 21.8 Å². The van der Waals surface area contributed by atoms with Gasteiger partial charge in [0.15, 0.2) is 5.78 Å². The zero-order valence-electron chi connectivity index (χ0n) is 9.63. The summed E-state index contributed by atoms with van der Waals surface area (Å²) in [5.41, 5.74) is 0.568. The highest BCUT2D eigenvalue weighted by Crippen LogP contribution is 2.23. The van der Waals surface area contributed by atoms with E-state index in [1.807, 2.05) is 13.0 Å². The lowest BCUT2D eigenvalue weighted by Gasteiger charge is -2.04. The Labute approximate surface area is 118 Å². The third-order valence-electron chi connectivity index (χ3n) is 2.40. The molecule has 0 spiro atoms. The lowest BCUT2D eigenvalue weighted by molar-refractivity contribution is -0.118. The van der Waals surface area contributed by atoms with Crippen LogP contribution in [0.3, 0.4) is 0 Å². The van der Waals surface area contributed by atoms with Crippen LogP contribution in [0.25, 0.3) is 0 Å². The molecule has 0 aliphatic carbocycles. The van der Waals surface area contributed by atoms with Gasteiger partial charge in [-0.3, -0.25) is 9.59 Å². The van der Waals surface area contributed by atoms with Gasteiger partial charge >= 0.3 is 0 Å². The molecule has 0 saturated carbocycles. The Kier molecular flexibility index (Phi) is 6.06. The Hall–Kier alpha value is -0.480. The van der Waals surface area contributed by atoms with Crippen LogP contribution in [-0.4, -0.2) is 11.6 Å². The van der Waals surface area contributed by atoms with Gasteiger partial charge in [-0.2, -0.15) is 0 Å². The molecule has 4 heteroatoms. The van der Waals surface area contributed by atoms with Crippen molar-refractivity contribution in [3.8, 4) is 0 Å². The minimum atomic E-state index is -0.120. The van der Waals surface area contributed by atoms with Gasteiger partial charge in [0.2, 0.25) is 0 Å². The average Bonchev–Trinajstić information content (AvgIpc) is 2.26. The number of ketones is 2. The van der Waals surface area contributed by atoms with Crippen LogP contribution in [0.1, 0.15) is 43.0 Å². The van der Waals surface area contributed by atoms with Gasteiger partial charge in [0, 0.05) is 20.9 Å². The lowest BCUT2D eigenvalue weighted by Crippen LogP contribution is -2.08. The smallest absolute Gasteiger partial charge is 0.171 e. The Morgan fingerprint density at radius 3 is 2.53 bits per heavy atom. The number of hydrogen-bond donors (Lipinski definition) is 0. The molecule has 0 saturated heterocycles. The van der Waals surface area contributed by atoms with Gasteiger partial charge in [0.25, 0.3) is 0 Å². The molecule has 1 aromatic rings. The normalized spacial score (nSPS) is 10.3. The molecule has 0 aromatic heterocycles. The molecule has 0 aliphatic rings. The van der Waals surface area contributed by atoms with E-state index < -0.39 is 0 Å². The first-order valence-electron chi connectivity index (χ1n) is 5.54. The summed E-state index contributed by atoms with van der Waals surface area (Å²) < 4.78 is 1.62. The van der Waals surface area contributed by atoms with Crippen LogP contribution in [0.2, 0.25) is 0 Å². The van der Waals surface area contributed by atoms with Gasteiger partial charge in [0.1, 0.15) is 5.78 Å². The van der Waals surface area contributed by atoms with E-state index in [-0.39, 0.29) is 18.0 Å². The number of halogens is 2. The van der Waals surface area contributed by atoms with Crippen molar-refractivity contribution in [1.29, 1.82) is 0 Å². The van der Waals surface area contributed by atoms with E-state index in [1.54, 1.807) is 12.1 Å². The summed E-state index contributed by atoms with van der Waals surface area (Å²) >= 11 is 6.65. The fraction of sp³-hybridized carbons (Fsp3) is 0.385. The summed E-state index contributed by atoms with van der Waals surface area (Å²) in [6, 6.07) is 5.34. The molecule has 0 amide bonds. The summed E-state index contributed by atoms with van der Waals surface area (Å²) in [7, 11) is 0. The highest BCUT2D eigenvalue weighted by atomic mass is 79.9. The number of rotatable bonds is 6. The molecule has 0 radical (unpaired) electrons. The molecular weight excluding hydrogens is 348 g/mol. The molecule has 0 atom stereocenters. The Morgan fingerprint density at radius 1 is 1.24 bits per heavy atom. The fourth-order valence-electron chi connectivity index (χ4n) is 1.45. The molecule has 0 N–H and O–H groups in total. The molecule has 0 heterocycles. The molecule has 0 fully saturated rings. The zero-order chi connectivity index (χ0) is 12.8. The number of Topliss-reactive ketones (excluding diaryl/α,β-unsaturated/α-hetero) is 2. The highest BCUT2D eigenvalue weighted by Gasteiger charge is 2.14. The van der Waals surface area contributed by atoms with E-state index in [4.69, 9.17) is 0 Å². The van der Waals surface area contributed by atoms with Crippen LogP contribution in [0, 0.1) is 0 Å². The van der Waals surface area contributed by atoms with Crippen molar-refractivity contribution in [2.24, 2.45) is 0 Å². The van der Waals surface area contributed by atoms with Gasteiger partial charge < -0.3 is 0 Å². The summed E-state index contributed by atoms with van der Waals surface area (Å²) in [5, 5.41) is 0. The van der Waals surface area contributed by atoms with Crippen LogP contribution < -0.4 is 0 Å². The first kappa shape index (κ1) is 14.6. The van der Waals surface area contributed by atoms with Gasteiger partial charge in [-0.25, -0.2) is 0 Å². The van der Waals surface area contributed by atoms with Gasteiger partial charge in [0.05, 0.1) is 6.42 Å². The summed E-state index contributed by atoms with van der Waals surface area (Å²) in [4.78, 5) is 23.4. The number of hydrogen-bond acceptors (Lipinski definition) is 2. The van der Waals surface area contributed by atoms with Gasteiger partial charge in [-0.1, -0.05) is 45.2 Å². The molecule has 0 aliphatic heterocycles. The molecule has 0 bridgehead atoms. The van der Waals surface area contributed by atoms with Crippen molar-refractivity contribution in [3.63, 3.8) is 0 Å². The second-order valence-electron chi connectivity index (χ2n) is 3.87. The predicted molar refractivity (Wildman–Crippen MR) is 75.3 cm³/mol. The van der Waals surface area contributed by atoms with E-state index >= 15 is 0 Å². The Morgan fingerprint density at radius 2 is 1.94 bits per heavy atom. The molecule has 17 heavy (non-hydrogen) atoms. The largest absolute Gasteiger partial charge is 0.299 e. The number of benzene rings is 1. The van der Waals surface area contributed by atoms with E-state index in [2.05, 4.69) is 31.9 Å². The third kappa shape index (κ3) is 4.72. The molecular formula is C13H14Br2O2. The molecule has 1 rings (SSSR count). The molecule has 92 valence electrons. The first-order valence-corrected chi connectivity index (χ1v) is 7.13. The summed E-state index contributed by atoms with van der Waals surface area (Å²) in [6.07, 6.45) is 2.33. The predicted octanol–water partition coefficient (Wildman–Crippen LogP) is 4.54. The Balaban J connectivity index is 2.67. The molecule has 0 unspecified atom stereocenters. The maximum atomic E-state index is 11.9. The number of carbonyl (C=O) groups excluding carboxylic acids is 2. The molecule has 1 aromatic carbocycles. The van der Waals surface area contributed by atoms with Crippen molar-refractivity contribution < 1.29 is 9.59 Å². The van der Waals surface area contributed by atoms with Gasteiger partial charge in [-0.05, 0) is 24.6 Å². The highest BCUT2D eigenvalue weighted by molar-refractivity contribution is 9.11. The van der Waals surface area contributed by atoms with Crippen LogP contribution >= 0.6 is 31.9 Å². The maximum absolute atomic E-state index is 11.9. The minimum Gasteiger partial charge on any atom is -0.299 e. The van der Waals surface area contributed by atoms with Crippen LogP contribution in [0.15, 0.2) is 27.1 Å². The number of unbranched alkanes of at least 4 members (excludes halogenated alkanes) is 1. The van der Waals surface area contributed by atoms with Crippen molar-refractivity contribution >= 4 is 43.4 Å². The summed E-state index contributed by atoms with van der Waals surface area (Å²) in [5.74, 6) is -0.0999. The maximum Gasteiger partial charge on any atom is 0.171 e. The van der Waals surface area contributed by atoms with Crippen LogP contribution in [0.5, 0.6) is 0 Å². The van der Waals surface area contributed by atoms with Crippen molar-refractivity contribution in [2.45, 2.75) is 32.6 Å². The fourth-order valence-corrected chi connectivity index (χ4v) is 2.72.